The number of nitrogens with zero attached hydrogens (tertiary/aromatic N) is 2. The molecule has 0 amide bonds. The summed E-state index contributed by atoms with van der Waals surface area (Å²) < 4.78 is 0. The minimum Gasteiger partial charge on any atom is -0.309 e. The van der Waals surface area contributed by atoms with Crippen LogP contribution in [0.25, 0.3) is 0 Å². The molecule has 2 rings (SSSR count). The van der Waals surface area contributed by atoms with E-state index < -0.39 is 0 Å². The highest BCUT2D eigenvalue weighted by Crippen LogP contribution is 2.46. The van der Waals surface area contributed by atoms with Gasteiger partial charge < -0.3 is 5.32 Å². The summed E-state index contributed by atoms with van der Waals surface area (Å²) in [6.45, 7) is 5.42. The molecule has 1 N–H and O–H groups in total. The van der Waals surface area contributed by atoms with Gasteiger partial charge in [-0.3, -0.25) is 9.97 Å². The lowest BCUT2D eigenvalue weighted by molar-refractivity contribution is 0.463. The van der Waals surface area contributed by atoms with Crippen molar-refractivity contribution in [3.63, 3.8) is 0 Å². The van der Waals surface area contributed by atoms with Crippen molar-refractivity contribution in [3.8, 4) is 0 Å². The molecule has 76 valence electrons. The van der Waals surface area contributed by atoms with Crippen LogP contribution in [0.2, 0.25) is 0 Å². The second kappa shape index (κ2) is 4.05. The summed E-state index contributed by atoms with van der Waals surface area (Å²) in [5, 5.41) is 3.49. The Bertz CT molecular complexity index is 286. The van der Waals surface area contributed by atoms with E-state index in [0.29, 0.717) is 6.04 Å². The first-order valence-corrected chi connectivity index (χ1v) is 5.32. The van der Waals surface area contributed by atoms with Gasteiger partial charge in [-0.1, -0.05) is 13.8 Å². The Labute approximate surface area is 85.0 Å². The minimum absolute atomic E-state index is 0.406. The van der Waals surface area contributed by atoms with Gasteiger partial charge in [-0.25, -0.2) is 0 Å². The Balaban J connectivity index is 2.11. The highest BCUT2D eigenvalue weighted by atomic mass is 15.0. The fourth-order valence-corrected chi connectivity index (χ4v) is 1.98. The first kappa shape index (κ1) is 9.59. The summed E-state index contributed by atoms with van der Waals surface area (Å²) in [6.07, 6.45) is 6.68. The highest BCUT2D eigenvalue weighted by molar-refractivity contribution is 5.09. The van der Waals surface area contributed by atoms with Gasteiger partial charge in [0.05, 0.1) is 11.7 Å². The van der Waals surface area contributed by atoms with Crippen LogP contribution in [0, 0.1) is 11.8 Å². The molecule has 0 bridgehead atoms. The van der Waals surface area contributed by atoms with Crippen molar-refractivity contribution in [2.75, 3.05) is 6.54 Å². The maximum absolute atomic E-state index is 4.37. The zero-order valence-electron chi connectivity index (χ0n) is 8.77. The van der Waals surface area contributed by atoms with Gasteiger partial charge in [-0.05, 0) is 24.8 Å². The molecule has 1 aromatic heterocycles. The number of hydrogen-bond donors (Lipinski definition) is 1. The average molecular weight is 191 g/mol. The van der Waals surface area contributed by atoms with E-state index in [1.807, 2.05) is 6.20 Å². The lowest BCUT2D eigenvalue weighted by Crippen LogP contribution is -2.24. The maximum atomic E-state index is 4.37. The molecule has 1 saturated carbocycles. The number of nitrogens with one attached hydrogen (secondary N) is 1. The van der Waals surface area contributed by atoms with E-state index >= 15 is 0 Å². The fourth-order valence-electron chi connectivity index (χ4n) is 1.98. The van der Waals surface area contributed by atoms with Gasteiger partial charge in [0.25, 0.3) is 0 Å². The van der Waals surface area contributed by atoms with E-state index in [1.54, 1.807) is 12.4 Å². The monoisotopic (exact) mass is 191 g/mol. The lowest BCUT2D eigenvalue weighted by Gasteiger charge is -2.16. The smallest absolute Gasteiger partial charge is 0.0758 e. The van der Waals surface area contributed by atoms with Crippen molar-refractivity contribution < 1.29 is 0 Å². The average Bonchev–Trinajstić information content (AvgIpc) is 2.93. The molecule has 0 saturated heterocycles. The van der Waals surface area contributed by atoms with Crippen molar-refractivity contribution in [1.82, 2.24) is 15.3 Å². The zero-order valence-corrected chi connectivity index (χ0v) is 8.77. The molecule has 3 atom stereocenters. The van der Waals surface area contributed by atoms with Crippen LogP contribution in [0.5, 0.6) is 0 Å². The molecule has 0 radical (unpaired) electrons. The summed E-state index contributed by atoms with van der Waals surface area (Å²) in [5.74, 6) is 1.59. The van der Waals surface area contributed by atoms with Gasteiger partial charge in [0, 0.05) is 18.6 Å². The maximum Gasteiger partial charge on any atom is 0.0758 e. The van der Waals surface area contributed by atoms with Gasteiger partial charge in [0.15, 0.2) is 0 Å². The van der Waals surface area contributed by atoms with Crippen LogP contribution >= 0.6 is 0 Å². The number of hydrogen-bond acceptors (Lipinski definition) is 3. The van der Waals surface area contributed by atoms with E-state index in [-0.39, 0.29) is 0 Å². The van der Waals surface area contributed by atoms with Crippen LogP contribution in [-0.4, -0.2) is 16.5 Å². The Morgan fingerprint density at radius 3 is 2.86 bits per heavy atom. The molecule has 1 heterocycles. The van der Waals surface area contributed by atoms with Crippen LogP contribution in [-0.2, 0) is 0 Å². The second-order valence-electron chi connectivity index (χ2n) is 4.04. The van der Waals surface area contributed by atoms with Crippen molar-refractivity contribution in [2.24, 2.45) is 11.8 Å². The zero-order chi connectivity index (χ0) is 9.97. The standard InChI is InChI=1S/C11H17N3/c1-3-13-11(9-6-8(9)2)10-7-12-4-5-14-10/h4-5,7-9,11,13H,3,6H2,1-2H3. The number of aromatic nitrogens is 2. The topological polar surface area (TPSA) is 37.8 Å². The summed E-state index contributed by atoms with van der Waals surface area (Å²) in [6, 6.07) is 0.406. The molecule has 0 spiro atoms. The van der Waals surface area contributed by atoms with Crippen LogP contribution in [0.4, 0.5) is 0 Å². The molecular formula is C11H17N3. The Hall–Kier alpha value is -0.960. The van der Waals surface area contributed by atoms with Gasteiger partial charge >= 0.3 is 0 Å². The van der Waals surface area contributed by atoms with Crippen LogP contribution in [0.15, 0.2) is 18.6 Å². The van der Waals surface area contributed by atoms with E-state index in [0.717, 1.165) is 24.1 Å². The molecule has 0 aromatic carbocycles. The van der Waals surface area contributed by atoms with E-state index in [1.165, 1.54) is 6.42 Å². The molecule has 1 fully saturated rings. The SMILES string of the molecule is CCNC(c1cnccn1)C1CC1C. The third-order valence-corrected chi connectivity index (χ3v) is 2.93. The Kier molecular flexibility index (Phi) is 2.77. The van der Waals surface area contributed by atoms with E-state index in [4.69, 9.17) is 0 Å². The van der Waals surface area contributed by atoms with E-state index in [9.17, 15) is 0 Å². The molecule has 1 aliphatic carbocycles. The summed E-state index contributed by atoms with van der Waals surface area (Å²) >= 11 is 0. The molecule has 1 aromatic rings. The molecule has 1 aliphatic rings. The number of rotatable bonds is 4. The van der Waals surface area contributed by atoms with Crippen LogP contribution in [0.1, 0.15) is 32.0 Å². The van der Waals surface area contributed by atoms with Crippen LogP contribution in [0.3, 0.4) is 0 Å². The third kappa shape index (κ3) is 1.93. The first-order valence-electron chi connectivity index (χ1n) is 5.32. The predicted molar refractivity (Wildman–Crippen MR) is 55.7 cm³/mol. The fraction of sp³-hybridized carbons (Fsp3) is 0.636. The van der Waals surface area contributed by atoms with Gasteiger partial charge in [0.2, 0.25) is 0 Å². The highest BCUT2D eigenvalue weighted by Gasteiger charge is 2.40. The van der Waals surface area contributed by atoms with Crippen molar-refractivity contribution >= 4 is 0 Å². The van der Waals surface area contributed by atoms with Gasteiger partial charge in [0.1, 0.15) is 0 Å². The van der Waals surface area contributed by atoms with E-state index in [2.05, 4.69) is 29.1 Å². The molecule has 0 aliphatic heterocycles. The second-order valence-corrected chi connectivity index (χ2v) is 4.04. The molecule has 3 unspecified atom stereocenters. The summed E-state index contributed by atoms with van der Waals surface area (Å²) in [5.41, 5.74) is 1.09. The predicted octanol–water partition coefficient (Wildman–Crippen LogP) is 1.78. The Morgan fingerprint density at radius 1 is 1.57 bits per heavy atom. The summed E-state index contributed by atoms with van der Waals surface area (Å²) in [7, 11) is 0. The quantitative estimate of drug-likeness (QED) is 0.788. The summed E-state index contributed by atoms with van der Waals surface area (Å²) in [4.78, 5) is 8.49. The molecular weight excluding hydrogens is 174 g/mol. The van der Waals surface area contributed by atoms with Gasteiger partial charge in [-0.2, -0.15) is 0 Å². The first-order chi connectivity index (χ1) is 6.83. The third-order valence-electron chi connectivity index (χ3n) is 2.93. The van der Waals surface area contributed by atoms with Crippen LogP contribution < -0.4 is 5.32 Å². The molecule has 14 heavy (non-hydrogen) atoms. The van der Waals surface area contributed by atoms with Gasteiger partial charge in [-0.15, -0.1) is 0 Å². The molecule has 3 nitrogen and oxygen atoms in total. The lowest BCUT2D eigenvalue weighted by atomic mass is 10.1. The van der Waals surface area contributed by atoms with Crippen molar-refractivity contribution in [1.29, 1.82) is 0 Å². The van der Waals surface area contributed by atoms with Crippen molar-refractivity contribution in [3.05, 3.63) is 24.3 Å². The minimum atomic E-state index is 0.406. The largest absolute Gasteiger partial charge is 0.309 e. The molecule has 3 heteroatoms. The normalized spacial score (nSPS) is 27.3. The van der Waals surface area contributed by atoms with Crippen molar-refractivity contribution in [2.45, 2.75) is 26.3 Å². The Morgan fingerprint density at radius 2 is 2.36 bits per heavy atom.